The normalized spacial score (nSPS) is 14.3. The molecule has 4 heteroatoms. The number of nitrogens with one attached hydrogen (secondary N) is 1. The number of carbonyl (C=O) groups is 1. The van der Waals surface area contributed by atoms with Crippen molar-refractivity contribution in [3.05, 3.63) is 35.4 Å². The zero-order chi connectivity index (χ0) is 18.4. The molecule has 0 fully saturated rings. The second kappa shape index (κ2) is 8.52. The molecular formula is C20H33NO3. The predicted molar refractivity (Wildman–Crippen MR) is 98.1 cm³/mol. The highest BCUT2D eigenvalue weighted by molar-refractivity contribution is 5.67. The molecular weight excluding hydrogens is 302 g/mol. The third-order valence-corrected chi connectivity index (χ3v) is 4.51. The molecule has 0 aliphatic heterocycles. The standard InChI is InChI=1S/C20H33NO3/c1-7-16-8-10-17(11-9-16)12-20(14-22,15(2)3)13-21-18(23)24-19(4,5)6/h8-11,15,22H,7,12-14H2,1-6H3,(H,21,23). The lowest BCUT2D eigenvalue weighted by atomic mass is 9.73. The summed E-state index contributed by atoms with van der Waals surface area (Å²) < 4.78 is 5.31. The fourth-order valence-electron chi connectivity index (χ4n) is 2.63. The van der Waals surface area contributed by atoms with E-state index in [-0.39, 0.29) is 12.5 Å². The topological polar surface area (TPSA) is 58.6 Å². The molecule has 0 aromatic heterocycles. The second-order valence-corrected chi connectivity index (χ2v) is 7.88. The van der Waals surface area contributed by atoms with Crippen LogP contribution < -0.4 is 5.32 Å². The molecule has 1 amide bonds. The van der Waals surface area contributed by atoms with Gasteiger partial charge < -0.3 is 15.2 Å². The van der Waals surface area contributed by atoms with Gasteiger partial charge in [-0.25, -0.2) is 4.79 Å². The number of rotatable bonds is 7. The third-order valence-electron chi connectivity index (χ3n) is 4.51. The third kappa shape index (κ3) is 6.16. The molecule has 1 unspecified atom stereocenters. The lowest BCUT2D eigenvalue weighted by Crippen LogP contribution is -2.46. The Balaban J connectivity index is 2.83. The smallest absolute Gasteiger partial charge is 0.407 e. The first kappa shape index (κ1) is 20.5. The predicted octanol–water partition coefficient (Wildman–Crippen LogP) is 3.95. The van der Waals surface area contributed by atoms with Crippen molar-refractivity contribution in [1.82, 2.24) is 5.32 Å². The van der Waals surface area contributed by atoms with Crippen LogP contribution in [0.1, 0.15) is 52.7 Å². The van der Waals surface area contributed by atoms with Crippen LogP contribution in [0.3, 0.4) is 0 Å². The summed E-state index contributed by atoms with van der Waals surface area (Å²) in [7, 11) is 0. The summed E-state index contributed by atoms with van der Waals surface area (Å²) in [6.07, 6.45) is 1.28. The summed E-state index contributed by atoms with van der Waals surface area (Å²) >= 11 is 0. The minimum absolute atomic E-state index is 0.00991. The van der Waals surface area contributed by atoms with Gasteiger partial charge in [-0.3, -0.25) is 0 Å². The van der Waals surface area contributed by atoms with Gasteiger partial charge in [0.25, 0.3) is 0 Å². The van der Waals surface area contributed by atoms with Crippen LogP contribution in [-0.4, -0.2) is 30.0 Å². The van der Waals surface area contributed by atoms with Crippen LogP contribution in [0.15, 0.2) is 24.3 Å². The summed E-state index contributed by atoms with van der Waals surface area (Å²) in [4.78, 5) is 12.0. The quantitative estimate of drug-likeness (QED) is 0.793. The molecule has 136 valence electrons. The largest absolute Gasteiger partial charge is 0.444 e. The molecule has 1 atom stereocenters. The molecule has 4 nitrogen and oxygen atoms in total. The highest BCUT2D eigenvalue weighted by Crippen LogP contribution is 2.31. The van der Waals surface area contributed by atoms with Crippen molar-refractivity contribution in [3.8, 4) is 0 Å². The van der Waals surface area contributed by atoms with Crippen molar-refractivity contribution < 1.29 is 14.6 Å². The maximum atomic E-state index is 12.0. The lowest BCUT2D eigenvalue weighted by Gasteiger charge is -2.36. The molecule has 1 aromatic rings. The van der Waals surface area contributed by atoms with E-state index in [2.05, 4.69) is 50.4 Å². The van der Waals surface area contributed by atoms with Crippen LogP contribution in [0, 0.1) is 11.3 Å². The SMILES string of the molecule is CCc1ccc(CC(CO)(CNC(=O)OC(C)(C)C)C(C)C)cc1. The molecule has 24 heavy (non-hydrogen) atoms. The Morgan fingerprint density at radius 1 is 1.17 bits per heavy atom. The van der Waals surface area contributed by atoms with Crippen LogP contribution in [0.5, 0.6) is 0 Å². The van der Waals surface area contributed by atoms with E-state index >= 15 is 0 Å². The number of carbonyl (C=O) groups excluding carboxylic acids is 1. The van der Waals surface area contributed by atoms with Gasteiger partial charge in [0.15, 0.2) is 0 Å². The van der Waals surface area contributed by atoms with Crippen LogP contribution in [0.4, 0.5) is 4.79 Å². The van der Waals surface area contributed by atoms with Gasteiger partial charge in [0.2, 0.25) is 0 Å². The van der Waals surface area contributed by atoms with Gasteiger partial charge in [-0.05, 0) is 50.7 Å². The van der Waals surface area contributed by atoms with Crippen molar-refractivity contribution in [1.29, 1.82) is 0 Å². The molecule has 0 spiro atoms. The zero-order valence-corrected chi connectivity index (χ0v) is 16.0. The van der Waals surface area contributed by atoms with Crippen molar-refractivity contribution in [3.63, 3.8) is 0 Å². The Labute approximate surface area is 146 Å². The minimum Gasteiger partial charge on any atom is -0.444 e. The van der Waals surface area contributed by atoms with Gasteiger partial charge in [-0.1, -0.05) is 45.0 Å². The van der Waals surface area contributed by atoms with Gasteiger partial charge in [-0.15, -0.1) is 0 Å². The van der Waals surface area contributed by atoms with E-state index in [0.29, 0.717) is 13.0 Å². The molecule has 0 aliphatic carbocycles. The molecule has 2 N–H and O–H groups in total. The van der Waals surface area contributed by atoms with Crippen molar-refractivity contribution >= 4 is 6.09 Å². The lowest BCUT2D eigenvalue weighted by molar-refractivity contribution is 0.0394. The minimum atomic E-state index is -0.528. The Kier molecular flexibility index (Phi) is 7.27. The summed E-state index contributed by atoms with van der Waals surface area (Å²) in [5.41, 5.74) is 1.52. The first-order valence-corrected chi connectivity index (χ1v) is 8.77. The summed E-state index contributed by atoms with van der Waals surface area (Å²) in [6.45, 7) is 12.2. The van der Waals surface area contributed by atoms with Gasteiger partial charge in [0.1, 0.15) is 5.60 Å². The van der Waals surface area contributed by atoms with Crippen LogP contribution >= 0.6 is 0 Å². The van der Waals surface area contributed by atoms with Gasteiger partial charge in [0, 0.05) is 12.0 Å². The zero-order valence-electron chi connectivity index (χ0n) is 16.0. The first-order valence-electron chi connectivity index (χ1n) is 8.77. The van der Waals surface area contributed by atoms with Crippen LogP contribution in [0.2, 0.25) is 0 Å². The number of ether oxygens (including phenoxy) is 1. The number of aliphatic hydroxyl groups excluding tert-OH is 1. The first-order chi connectivity index (χ1) is 11.1. The maximum Gasteiger partial charge on any atom is 0.407 e. The van der Waals surface area contributed by atoms with E-state index in [4.69, 9.17) is 4.74 Å². The summed E-state index contributed by atoms with van der Waals surface area (Å²) in [6, 6.07) is 8.47. The molecule has 1 aromatic carbocycles. The van der Waals surface area contributed by atoms with E-state index in [0.717, 1.165) is 6.42 Å². The number of alkyl carbamates (subject to hydrolysis) is 1. The number of hydrogen-bond donors (Lipinski definition) is 2. The number of benzene rings is 1. The fourth-order valence-corrected chi connectivity index (χ4v) is 2.63. The van der Waals surface area contributed by atoms with Gasteiger partial charge >= 0.3 is 6.09 Å². The Morgan fingerprint density at radius 3 is 2.12 bits per heavy atom. The number of amides is 1. The monoisotopic (exact) mass is 335 g/mol. The van der Waals surface area contributed by atoms with Crippen LogP contribution in [-0.2, 0) is 17.6 Å². The van der Waals surface area contributed by atoms with Crippen molar-refractivity contribution in [2.24, 2.45) is 11.3 Å². The van der Waals surface area contributed by atoms with E-state index in [9.17, 15) is 9.90 Å². The van der Waals surface area contributed by atoms with E-state index < -0.39 is 17.1 Å². The maximum absolute atomic E-state index is 12.0. The molecule has 0 saturated heterocycles. The highest BCUT2D eigenvalue weighted by atomic mass is 16.6. The summed E-state index contributed by atoms with van der Waals surface area (Å²) in [5.74, 6) is 0.211. The average molecular weight is 335 g/mol. The average Bonchev–Trinajstić information content (AvgIpc) is 2.50. The molecule has 0 bridgehead atoms. The van der Waals surface area contributed by atoms with E-state index in [1.165, 1.54) is 11.1 Å². The van der Waals surface area contributed by atoms with E-state index in [1.54, 1.807) is 0 Å². The second-order valence-electron chi connectivity index (χ2n) is 7.88. The molecule has 0 radical (unpaired) electrons. The van der Waals surface area contributed by atoms with Gasteiger partial charge in [0.05, 0.1) is 6.61 Å². The van der Waals surface area contributed by atoms with Gasteiger partial charge in [-0.2, -0.15) is 0 Å². The van der Waals surface area contributed by atoms with Crippen molar-refractivity contribution in [2.45, 2.75) is 60.0 Å². The van der Waals surface area contributed by atoms with Crippen molar-refractivity contribution in [2.75, 3.05) is 13.2 Å². The fraction of sp³-hybridized carbons (Fsp3) is 0.650. The Bertz CT molecular complexity index is 517. The van der Waals surface area contributed by atoms with Crippen LogP contribution in [0.25, 0.3) is 0 Å². The number of aryl methyl sites for hydroxylation is 1. The highest BCUT2D eigenvalue weighted by Gasteiger charge is 2.34. The molecule has 0 aliphatic rings. The number of aliphatic hydroxyl groups is 1. The molecule has 0 heterocycles. The molecule has 0 saturated carbocycles. The summed E-state index contributed by atoms with van der Waals surface area (Å²) in [5, 5.41) is 12.9. The Hall–Kier alpha value is -1.55. The number of hydrogen-bond acceptors (Lipinski definition) is 3. The Morgan fingerprint density at radius 2 is 1.71 bits per heavy atom. The van der Waals surface area contributed by atoms with E-state index in [1.807, 2.05) is 20.8 Å². The molecule has 1 rings (SSSR count).